The summed E-state index contributed by atoms with van der Waals surface area (Å²) in [5.41, 5.74) is 1.09. The normalized spacial score (nSPS) is 13.0. The van der Waals surface area contributed by atoms with Gasteiger partial charge < -0.3 is 14.8 Å². The topological polar surface area (TPSA) is 43.4 Å². The number of fused-ring (bicyclic) bond motifs is 1. The van der Waals surface area contributed by atoms with Crippen LogP contribution in [0.5, 0.6) is 0 Å². The van der Waals surface area contributed by atoms with Crippen molar-refractivity contribution >= 4 is 10.8 Å². The van der Waals surface area contributed by atoms with Crippen molar-refractivity contribution in [2.45, 2.75) is 26.2 Å². The fraction of sp³-hybridized carbons (Fsp3) is 0.438. The molecule has 0 saturated carbocycles. The first-order chi connectivity index (χ1) is 9.81. The van der Waals surface area contributed by atoms with Crippen LogP contribution in [-0.4, -0.2) is 31.5 Å². The second kappa shape index (κ2) is 7.33. The molecule has 1 unspecified atom stereocenters. The summed E-state index contributed by atoms with van der Waals surface area (Å²) in [6, 6.07) is 8.17. The van der Waals surface area contributed by atoms with Crippen LogP contribution in [0.4, 0.5) is 0 Å². The maximum absolute atomic E-state index is 5.73. The average Bonchev–Trinajstić information content (AvgIpc) is 2.49. The second-order valence-electron chi connectivity index (χ2n) is 4.50. The molecule has 20 heavy (non-hydrogen) atoms. The van der Waals surface area contributed by atoms with Gasteiger partial charge in [-0.1, -0.05) is 24.3 Å². The minimum atomic E-state index is -0.317. The molecular formula is C16H22N2O2. The molecule has 1 atom stereocenters. The zero-order valence-corrected chi connectivity index (χ0v) is 12.3. The number of ether oxygens (including phenoxy) is 2. The average molecular weight is 274 g/mol. The van der Waals surface area contributed by atoms with Crippen molar-refractivity contribution in [3.8, 4) is 0 Å². The Morgan fingerprint density at radius 1 is 1.10 bits per heavy atom. The van der Waals surface area contributed by atoms with Crippen LogP contribution in [0.15, 0.2) is 36.7 Å². The summed E-state index contributed by atoms with van der Waals surface area (Å²) in [6.45, 7) is 5.17. The number of nitrogens with one attached hydrogen (secondary N) is 1. The highest BCUT2D eigenvalue weighted by Crippen LogP contribution is 2.27. The van der Waals surface area contributed by atoms with Crippen molar-refractivity contribution in [3.63, 3.8) is 0 Å². The van der Waals surface area contributed by atoms with Gasteiger partial charge in [-0.15, -0.1) is 0 Å². The molecule has 0 aliphatic carbocycles. The van der Waals surface area contributed by atoms with Gasteiger partial charge in [0.05, 0.1) is 6.04 Å². The largest absolute Gasteiger partial charge is 0.351 e. The zero-order valence-electron chi connectivity index (χ0n) is 12.3. The molecule has 1 N–H and O–H groups in total. The van der Waals surface area contributed by atoms with Crippen LogP contribution >= 0.6 is 0 Å². The van der Waals surface area contributed by atoms with Crippen LogP contribution in [0.2, 0.25) is 0 Å². The van der Waals surface area contributed by atoms with Crippen LogP contribution in [0.1, 0.15) is 25.5 Å². The molecule has 0 saturated heterocycles. The van der Waals surface area contributed by atoms with Crippen molar-refractivity contribution in [2.75, 3.05) is 20.3 Å². The summed E-state index contributed by atoms with van der Waals surface area (Å²) in [5.74, 6) is 0. The van der Waals surface area contributed by atoms with Crippen molar-refractivity contribution in [1.29, 1.82) is 0 Å². The van der Waals surface area contributed by atoms with E-state index in [0.717, 1.165) is 10.9 Å². The van der Waals surface area contributed by atoms with Crippen molar-refractivity contribution < 1.29 is 9.47 Å². The third-order valence-corrected chi connectivity index (χ3v) is 3.28. The Labute approximate surface area is 120 Å². The summed E-state index contributed by atoms with van der Waals surface area (Å²) in [5, 5.41) is 5.58. The summed E-state index contributed by atoms with van der Waals surface area (Å²) in [4.78, 5) is 4.33. The van der Waals surface area contributed by atoms with Gasteiger partial charge in [0.15, 0.2) is 6.29 Å². The summed E-state index contributed by atoms with van der Waals surface area (Å²) >= 11 is 0. The van der Waals surface area contributed by atoms with E-state index >= 15 is 0 Å². The molecular weight excluding hydrogens is 252 g/mol. The Balaban J connectivity index is 2.42. The Bertz CT molecular complexity index is 533. The number of aromatic nitrogens is 1. The predicted molar refractivity (Wildman–Crippen MR) is 80.6 cm³/mol. The van der Waals surface area contributed by atoms with Gasteiger partial charge in [-0.25, -0.2) is 0 Å². The molecule has 4 heteroatoms. The molecule has 0 spiro atoms. The summed E-state index contributed by atoms with van der Waals surface area (Å²) in [7, 11) is 1.91. The minimum absolute atomic E-state index is 0.0477. The molecule has 1 heterocycles. The van der Waals surface area contributed by atoms with Gasteiger partial charge in [-0.05, 0) is 26.3 Å². The quantitative estimate of drug-likeness (QED) is 0.788. The highest BCUT2D eigenvalue weighted by atomic mass is 16.7. The number of hydrogen-bond donors (Lipinski definition) is 1. The maximum atomic E-state index is 5.73. The van der Waals surface area contributed by atoms with E-state index in [2.05, 4.69) is 22.4 Å². The summed E-state index contributed by atoms with van der Waals surface area (Å²) in [6.07, 6.45) is 3.44. The van der Waals surface area contributed by atoms with Crippen LogP contribution in [0.25, 0.3) is 10.8 Å². The Morgan fingerprint density at radius 2 is 1.80 bits per heavy atom. The second-order valence-corrected chi connectivity index (χ2v) is 4.50. The third kappa shape index (κ3) is 3.15. The third-order valence-electron chi connectivity index (χ3n) is 3.28. The zero-order chi connectivity index (χ0) is 14.4. The van der Waals surface area contributed by atoms with Crippen LogP contribution in [0, 0.1) is 0 Å². The monoisotopic (exact) mass is 274 g/mol. The number of rotatable bonds is 7. The fourth-order valence-corrected chi connectivity index (χ4v) is 2.40. The van der Waals surface area contributed by atoms with Crippen molar-refractivity contribution in [3.05, 3.63) is 42.2 Å². The van der Waals surface area contributed by atoms with Gasteiger partial charge in [0, 0.05) is 36.6 Å². The van der Waals surface area contributed by atoms with Gasteiger partial charge >= 0.3 is 0 Å². The molecule has 1 aromatic heterocycles. The molecule has 0 aliphatic heterocycles. The van der Waals surface area contributed by atoms with E-state index < -0.39 is 0 Å². The van der Waals surface area contributed by atoms with Crippen LogP contribution in [-0.2, 0) is 9.47 Å². The van der Waals surface area contributed by atoms with Crippen LogP contribution < -0.4 is 5.32 Å². The lowest BCUT2D eigenvalue weighted by atomic mass is 10.0. The Hall–Kier alpha value is -1.49. The molecule has 0 aliphatic rings. The van der Waals surface area contributed by atoms with E-state index in [-0.39, 0.29) is 12.3 Å². The van der Waals surface area contributed by atoms with E-state index in [4.69, 9.17) is 9.47 Å². The molecule has 0 bridgehead atoms. The standard InChI is InChI=1S/C16H22N2O2/c1-4-19-16(20-5-2)15(17-3)14-11-18-10-12-8-6-7-9-13(12)14/h6-11,15-17H,4-5H2,1-3H3. The van der Waals surface area contributed by atoms with Crippen molar-refractivity contribution in [2.24, 2.45) is 0 Å². The lowest BCUT2D eigenvalue weighted by Gasteiger charge is -2.27. The maximum Gasteiger partial charge on any atom is 0.176 e. The van der Waals surface area contributed by atoms with Gasteiger partial charge in [-0.2, -0.15) is 0 Å². The van der Waals surface area contributed by atoms with E-state index in [1.165, 1.54) is 5.39 Å². The van der Waals surface area contributed by atoms with Gasteiger partial charge in [0.25, 0.3) is 0 Å². The lowest BCUT2D eigenvalue weighted by Crippen LogP contribution is -2.34. The lowest BCUT2D eigenvalue weighted by molar-refractivity contribution is -0.154. The molecule has 4 nitrogen and oxygen atoms in total. The molecule has 108 valence electrons. The number of likely N-dealkylation sites (N-methyl/N-ethyl adjacent to an activating group) is 1. The Kier molecular flexibility index (Phi) is 5.47. The van der Waals surface area contributed by atoms with Gasteiger partial charge in [0.2, 0.25) is 0 Å². The molecule has 0 fully saturated rings. The highest BCUT2D eigenvalue weighted by Gasteiger charge is 2.24. The van der Waals surface area contributed by atoms with E-state index in [1.807, 2.05) is 45.4 Å². The molecule has 0 radical (unpaired) electrons. The number of hydrogen-bond acceptors (Lipinski definition) is 4. The number of benzene rings is 1. The Morgan fingerprint density at radius 3 is 2.45 bits per heavy atom. The van der Waals surface area contributed by atoms with E-state index in [1.54, 1.807) is 0 Å². The first kappa shape index (κ1) is 14.9. The molecule has 0 amide bonds. The minimum Gasteiger partial charge on any atom is -0.351 e. The number of pyridine rings is 1. The molecule has 1 aromatic carbocycles. The first-order valence-electron chi connectivity index (χ1n) is 7.04. The van der Waals surface area contributed by atoms with Gasteiger partial charge in [-0.3, -0.25) is 4.98 Å². The molecule has 2 aromatic rings. The molecule has 2 rings (SSSR count). The van der Waals surface area contributed by atoms with Crippen LogP contribution in [0.3, 0.4) is 0 Å². The van der Waals surface area contributed by atoms with E-state index in [0.29, 0.717) is 13.2 Å². The summed E-state index contributed by atoms with van der Waals surface area (Å²) < 4.78 is 11.5. The number of nitrogens with zero attached hydrogens (tertiary/aromatic N) is 1. The van der Waals surface area contributed by atoms with E-state index in [9.17, 15) is 0 Å². The predicted octanol–water partition coefficient (Wildman–Crippen LogP) is 2.89. The fourth-order valence-electron chi connectivity index (χ4n) is 2.40. The SMILES string of the molecule is CCOC(OCC)C(NC)c1cncc2ccccc12. The highest BCUT2D eigenvalue weighted by molar-refractivity contribution is 5.85. The first-order valence-corrected chi connectivity index (χ1v) is 7.04. The smallest absolute Gasteiger partial charge is 0.176 e. The van der Waals surface area contributed by atoms with Gasteiger partial charge in [0.1, 0.15) is 0 Å². The van der Waals surface area contributed by atoms with Crippen molar-refractivity contribution in [1.82, 2.24) is 10.3 Å².